The highest BCUT2D eigenvalue weighted by molar-refractivity contribution is 5.95. The van der Waals surface area contributed by atoms with Gasteiger partial charge in [0, 0.05) is 12.0 Å². The largest absolute Gasteiger partial charge is 0.469 e. The van der Waals surface area contributed by atoms with Crippen LogP contribution < -0.4 is 0 Å². The Labute approximate surface area is 88.5 Å². The van der Waals surface area contributed by atoms with Crippen LogP contribution in [0.2, 0.25) is 0 Å². The zero-order valence-corrected chi connectivity index (χ0v) is 8.57. The summed E-state index contributed by atoms with van der Waals surface area (Å²) < 4.78 is 5.26. The number of hydrogen-bond acceptors (Lipinski definition) is 2. The first-order valence-electron chi connectivity index (χ1n) is 4.88. The van der Waals surface area contributed by atoms with Gasteiger partial charge in [0.2, 0.25) is 0 Å². The normalized spacial score (nSPS) is 10.2. The maximum Gasteiger partial charge on any atom is 0.160 e. The van der Waals surface area contributed by atoms with E-state index in [0.717, 1.165) is 16.9 Å². The number of carbonyl (C=O) groups excluding carboxylic acids is 1. The lowest BCUT2D eigenvalue weighted by molar-refractivity contribution is 0.101. The first kappa shape index (κ1) is 9.71. The minimum absolute atomic E-state index is 0.0946. The van der Waals surface area contributed by atoms with Crippen LogP contribution >= 0.6 is 0 Å². The van der Waals surface area contributed by atoms with Crippen molar-refractivity contribution in [3.63, 3.8) is 0 Å². The Bertz CT molecular complexity index is 455. The lowest BCUT2D eigenvalue weighted by atomic mass is 10.0. The van der Waals surface area contributed by atoms with Gasteiger partial charge in [-0.25, -0.2) is 0 Å². The predicted octanol–water partition coefficient (Wildman–Crippen LogP) is 3.07. The van der Waals surface area contributed by atoms with Gasteiger partial charge in [-0.3, -0.25) is 4.79 Å². The van der Waals surface area contributed by atoms with Gasteiger partial charge in [0.1, 0.15) is 5.76 Å². The number of ketones is 1. The number of rotatable bonds is 3. The minimum Gasteiger partial charge on any atom is -0.469 e. The Morgan fingerprint density at radius 1 is 1.20 bits per heavy atom. The van der Waals surface area contributed by atoms with Gasteiger partial charge in [0.15, 0.2) is 5.78 Å². The summed E-state index contributed by atoms with van der Waals surface area (Å²) in [4.78, 5) is 11.4. The number of benzene rings is 1. The molecule has 15 heavy (non-hydrogen) atoms. The fourth-order valence-corrected chi connectivity index (χ4v) is 1.62. The molecule has 0 radical (unpaired) electrons. The lowest BCUT2D eigenvalue weighted by Gasteiger charge is -2.04. The fraction of sp³-hybridized carbons (Fsp3) is 0.154. The number of carbonyl (C=O) groups is 1. The Morgan fingerprint density at radius 2 is 2.00 bits per heavy atom. The van der Waals surface area contributed by atoms with E-state index in [-0.39, 0.29) is 5.78 Å². The van der Waals surface area contributed by atoms with Crippen molar-refractivity contribution in [1.29, 1.82) is 0 Å². The van der Waals surface area contributed by atoms with Crippen LogP contribution in [0.5, 0.6) is 0 Å². The van der Waals surface area contributed by atoms with Crippen LogP contribution in [0.4, 0.5) is 0 Å². The Morgan fingerprint density at radius 3 is 2.67 bits per heavy atom. The highest BCUT2D eigenvalue weighted by Gasteiger charge is 2.07. The van der Waals surface area contributed by atoms with E-state index in [1.807, 2.05) is 36.4 Å². The van der Waals surface area contributed by atoms with Crippen molar-refractivity contribution in [2.75, 3.05) is 0 Å². The smallest absolute Gasteiger partial charge is 0.160 e. The summed E-state index contributed by atoms with van der Waals surface area (Å²) in [5.41, 5.74) is 1.79. The molecule has 2 aromatic rings. The maximum absolute atomic E-state index is 11.4. The van der Waals surface area contributed by atoms with Crippen LogP contribution in [0.3, 0.4) is 0 Å². The first-order chi connectivity index (χ1) is 7.27. The first-order valence-corrected chi connectivity index (χ1v) is 4.88. The molecule has 0 fully saturated rings. The van der Waals surface area contributed by atoms with E-state index in [4.69, 9.17) is 4.42 Å². The molecule has 0 spiro atoms. The molecule has 0 saturated heterocycles. The molecule has 0 saturated carbocycles. The highest BCUT2D eigenvalue weighted by Crippen LogP contribution is 2.15. The zero-order valence-electron chi connectivity index (χ0n) is 8.57. The molecule has 76 valence electrons. The van der Waals surface area contributed by atoms with Crippen molar-refractivity contribution in [3.05, 3.63) is 59.5 Å². The summed E-state index contributed by atoms with van der Waals surface area (Å²) >= 11 is 0. The Kier molecular flexibility index (Phi) is 2.68. The van der Waals surface area contributed by atoms with E-state index < -0.39 is 0 Å². The van der Waals surface area contributed by atoms with Crippen molar-refractivity contribution in [2.24, 2.45) is 0 Å². The van der Waals surface area contributed by atoms with Crippen LogP contribution in [0.25, 0.3) is 0 Å². The SMILES string of the molecule is CC(=O)c1ccccc1Cc1ccco1. The zero-order chi connectivity index (χ0) is 10.7. The molecule has 0 aliphatic heterocycles. The second-order valence-electron chi connectivity index (χ2n) is 3.47. The molecule has 0 N–H and O–H groups in total. The standard InChI is InChI=1S/C13H12O2/c1-10(14)13-7-3-2-5-11(13)9-12-6-4-8-15-12/h2-8H,9H2,1H3. The van der Waals surface area contributed by atoms with Gasteiger partial charge < -0.3 is 4.42 Å². The molecule has 2 heteroatoms. The van der Waals surface area contributed by atoms with Crippen LogP contribution in [0.15, 0.2) is 47.1 Å². The second kappa shape index (κ2) is 4.13. The minimum atomic E-state index is 0.0946. The molecule has 0 aliphatic rings. The molecule has 0 amide bonds. The van der Waals surface area contributed by atoms with Crippen LogP contribution in [-0.2, 0) is 6.42 Å². The van der Waals surface area contributed by atoms with Gasteiger partial charge in [-0.15, -0.1) is 0 Å². The van der Waals surface area contributed by atoms with E-state index in [9.17, 15) is 4.79 Å². The fourth-order valence-electron chi connectivity index (χ4n) is 1.62. The summed E-state index contributed by atoms with van der Waals surface area (Å²) in [5, 5.41) is 0. The maximum atomic E-state index is 11.4. The lowest BCUT2D eigenvalue weighted by Crippen LogP contribution is -1.99. The molecular formula is C13H12O2. The van der Waals surface area contributed by atoms with Crippen molar-refractivity contribution in [1.82, 2.24) is 0 Å². The summed E-state index contributed by atoms with van der Waals surface area (Å²) in [6.07, 6.45) is 2.31. The van der Waals surface area contributed by atoms with E-state index in [1.54, 1.807) is 13.2 Å². The summed E-state index contributed by atoms with van der Waals surface area (Å²) in [6, 6.07) is 11.4. The molecular weight excluding hydrogens is 188 g/mol. The van der Waals surface area contributed by atoms with Crippen molar-refractivity contribution >= 4 is 5.78 Å². The van der Waals surface area contributed by atoms with Gasteiger partial charge in [-0.2, -0.15) is 0 Å². The van der Waals surface area contributed by atoms with Gasteiger partial charge in [-0.05, 0) is 24.6 Å². The van der Waals surface area contributed by atoms with E-state index in [0.29, 0.717) is 6.42 Å². The summed E-state index contributed by atoms with van der Waals surface area (Å²) in [7, 11) is 0. The average molecular weight is 200 g/mol. The quantitative estimate of drug-likeness (QED) is 0.713. The third kappa shape index (κ3) is 2.15. The van der Waals surface area contributed by atoms with Crippen LogP contribution in [-0.4, -0.2) is 5.78 Å². The molecule has 0 aliphatic carbocycles. The summed E-state index contributed by atoms with van der Waals surface area (Å²) in [6.45, 7) is 1.58. The highest BCUT2D eigenvalue weighted by atomic mass is 16.3. The van der Waals surface area contributed by atoms with Crippen LogP contribution in [0.1, 0.15) is 28.6 Å². The monoisotopic (exact) mass is 200 g/mol. The molecule has 0 unspecified atom stereocenters. The second-order valence-corrected chi connectivity index (χ2v) is 3.47. The number of Topliss-reactive ketones (excluding diaryl/α,β-unsaturated/α-hetero) is 1. The Balaban J connectivity index is 2.32. The van der Waals surface area contributed by atoms with Gasteiger partial charge >= 0.3 is 0 Å². The molecule has 1 aromatic heterocycles. The molecule has 2 rings (SSSR count). The molecule has 0 bridgehead atoms. The number of hydrogen-bond donors (Lipinski definition) is 0. The van der Waals surface area contributed by atoms with Gasteiger partial charge in [0.25, 0.3) is 0 Å². The van der Waals surface area contributed by atoms with Crippen molar-refractivity contribution < 1.29 is 9.21 Å². The average Bonchev–Trinajstić information content (AvgIpc) is 2.71. The van der Waals surface area contributed by atoms with Crippen molar-refractivity contribution in [3.8, 4) is 0 Å². The van der Waals surface area contributed by atoms with E-state index >= 15 is 0 Å². The van der Waals surface area contributed by atoms with E-state index in [1.165, 1.54) is 0 Å². The van der Waals surface area contributed by atoms with Crippen LogP contribution in [0, 0.1) is 0 Å². The van der Waals surface area contributed by atoms with Crippen molar-refractivity contribution in [2.45, 2.75) is 13.3 Å². The number of furan rings is 1. The molecule has 0 atom stereocenters. The van der Waals surface area contributed by atoms with Gasteiger partial charge in [-0.1, -0.05) is 24.3 Å². The Hall–Kier alpha value is -1.83. The van der Waals surface area contributed by atoms with Gasteiger partial charge in [0.05, 0.1) is 6.26 Å². The van der Waals surface area contributed by atoms with E-state index in [2.05, 4.69) is 0 Å². The third-order valence-electron chi connectivity index (χ3n) is 2.34. The molecule has 1 heterocycles. The molecule has 2 nitrogen and oxygen atoms in total. The third-order valence-corrected chi connectivity index (χ3v) is 2.34. The summed E-state index contributed by atoms with van der Waals surface area (Å²) in [5.74, 6) is 0.973. The molecule has 1 aromatic carbocycles. The topological polar surface area (TPSA) is 30.2 Å². The predicted molar refractivity (Wildman–Crippen MR) is 58.0 cm³/mol.